The van der Waals surface area contributed by atoms with Crippen LogP contribution in [0.25, 0.3) is 0 Å². The summed E-state index contributed by atoms with van der Waals surface area (Å²) >= 11 is 0. The van der Waals surface area contributed by atoms with Crippen molar-refractivity contribution in [2.24, 2.45) is 5.73 Å². The van der Waals surface area contributed by atoms with Gasteiger partial charge in [-0.2, -0.15) is 4.31 Å². The lowest BCUT2D eigenvalue weighted by Gasteiger charge is -2.36. The summed E-state index contributed by atoms with van der Waals surface area (Å²) in [7, 11) is -2.49. The van der Waals surface area contributed by atoms with Crippen molar-refractivity contribution in [3.8, 4) is 0 Å². The Bertz CT molecular complexity index is 665. The second-order valence-corrected chi connectivity index (χ2v) is 7.30. The minimum Gasteiger partial charge on any atom is -0.383 e. The summed E-state index contributed by atoms with van der Waals surface area (Å²) in [5.74, 6) is -1.23. The SMILES string of the molecule is COCC1(CC(N)=O)CCCN1S(=O)(=O)c1cccc(F)c1. The monoisotopic (exact) mass is 330 g/mol. The Hall–Kier alpha value is -1.51. The predicted molar refractivity (Wildman–Crippen MR) is 77.9 cm³/mol. The van der Waals surface area contributed by atoms with Gasteiger partial charge in [0.15, 0.2) is 0 Å². The smallest absolute Gasteiger partial charge is 0.243 e. The van der Waals surface area contributed by atoms with Crippen molar-refractivity contribution in [3.63, 3.8) is 0 Å². The van der Waals surface area contributed by atoms with Gasteiger partial charge < -0.3 is 10.5 Å². The quantitative estimate of drug-likeness (QED) is 0.838. The fraction of sp³-hybridized carbons (Fsp3) is 0.500. The number of primary amides is 1. The number of carbonyl (C=O) groups excluding carboxylic acids is 1. The van der Waals surface area contributed by atoms with Crippen molar-refractivity contribution in [3.05, 3.63) is 30.1 Å². The number of nitrogens with two attached hydrogens (primary N) is 1. The van der Waals surface area contributed by atoms with Gasteiger partial charge in [-0.3, -0.25) is 4.79 Å². The van der Waals surface area contributed by atoms with Gasteiger partial charge in [-0.15, -0.1) is 0 Å². The number of ether oxygens (including phenoxy) is 1. The molecule has 1 aromatic carbocycles. The fourth-order valence-corrected chi connectivity index (χ4v) is 4.86. The second kappa shape index (κ2) is 6.31. The van der Waals surface area contributed by atoms with E-state index < -0.39 is 27.3 Å². The standard InChI is InChI=1S/C14H19FN2O4S/c1-21-10-14(9-13(16)18)6-3-7-17(14)22(19,20)12-5-2-4-11(15)8-12/h2,4-5,8H,3,6-7,9-10H2,1H3,(H2,16,18). The third kappa shape index (κ3) is 3.13. The summed E-state index contributed by atoms with van der Waals surface area (Å²) in [6.45, 7) is 0.306. The van der Waals surface area contributed by atoms with Crippen LogP contribution in [0.1, 0.15) is 19.3 Å². The van der Waals surface area contributed by atoms with Gasteiger partial charge in [0.05, 0.1) is 17.0 Å². The number of carbonyl (C=O) groups is 1. The summed E-state index contributed by atoms with van der Waals surface area (Å²) in [6, 6.07) is 4.81. The number of rotatable bonds is 6. The molecule has 0 bridgehead atoms. The summed E-state index contributed by atoms with van der Waals surface area (Å²) in [4.78, 5) is 11.2. The van der Waals surface area contributed by atoms with Gasteiger partial charge in [0.25, 0.3) is 0 Å². The Morgan fingerprint density at radius 1 is 1.50 bits per heavy atom. The first-order valence-corrected chi connectivity index (χ1v) is 8.31. The van der Waals surface area contributed by atoms with Crippen LogP contribution in [0.5, 0.6) is 0 Å². The molecule has 1 amide bonds. The maximum Gasteiger partial charge on any atom is 0.243 e. The molecular weight excluding hydrogens is 311 g/mol. The minimum absolute atomic E-state index is 0.0600. The zero-order valence-electron chi connectivity index (χ0n) is 12.3. The highest BCUT2D eigenvalue weighted by Gasteiger charge is 2.48. The Morgan fingerprint density at radius 2 is 2.23 bits per heavy atom. The Labute approximate surface area is 129 Å². The molecule has 1 heterocycles. The van der Waals surface area contributed by atoms with Crippen LogP contribution in [0.2, 0.25) is 0 Å². The van der Waals surface area contributed by atoms with Gasteiger partial charge in [0.2, 0.25) is 15.9 Å². The lowest BCUT2D eigenvalue weighted by Crippen LogP contribution is -2.52. The maximum absolute atomic E-state index is 13.4. The highest BCUT2D eigenvalue weighted by Crippen LogP contribution is 2.37. The molecule has 1 unspecified atom stereocenters. The van der Waals surface area contributed by atoms with Crippen molar-refractivity contribution in [2.45, 2.75) is 29.7 Å². The summed E-state index contributed by atoms with van der Waals surface area (Å²) in [6.07, 6.45) is 0.929. The first kappa shape index (κ1) is 16.9. The summed E-state index contributed by atoms with van der Waals surface area (Å²) < 4.78 is 45.3. The number of benzene rings is 1. The molecule has 6 nitrogen and oxygen atoms in total. The number of nitrogens with zero attached hydrogens (tertiary/aromatic N) is 1. The largest absolute Gasteiger partial charge is 0.383 e. The van der Waals surface area contributed by atoms with Crippen LogP contribution in [-0.4, -0.2) is 44.4 Å². The highest BCUT2D eigenvalue weighted by atomic mass is 32.2. The Balaban J connectivity index is 2.45. The summed E-state index contributed by atoms with van der Waals surface area (Å²) in [5.41, 5.74) is 4.27. The predicted octanol–water partition coefficient (Wildman–Crippen LogP) is 0.871. The number of amides is 1. The molecule has 22 heavy (non-hydrogen) atoms. The van der Waals surface area contributed by atoms with E-state index in [1.165, 1.54) is 29.6 Å². The van der Waals surface area contributed by atoms with Crippen LogP contribution in [0.3, 0.4) is 0 Å². The van der Waals surface area contributed by atoms with Crippen molar-refractivity contribution in [2.75, 3.05) is 20.3 Å². The van der Waals surface area contributed by atoms with Crippen LogP contribution < -0.4 is 5.73 Å². The van der Waals surface area contributed by atoms with E-state index in [9.17, 15) is 17.6 Å². The van der Waals surface area contributed by atoms with Crippen LogP contribution in [-0.2, 0) is 19.6 Å². The van der Waals surface area contributed by atoms with Crippen LogP contribution in [0.4, 0.5) is 4.39 Å². The molecule has 1 aliphatic heterocycles. The number of hydrogen-bond acceptors (Lipinski definition) is 4. The lowest BCUT2D eigenvalue weighted by atomic mass is 9.94. The minimum atomic E-state index is -3.93. The van der Waals surface area contributed by atoms with Gasteiger partial charge in [0, 0.05) is 20.1 Å². The second-order valence-electron chi connectivity index (χ2n) is 5.44. The number of halogens is 1. The molecule has 1 aromatic rings. The zero-order valence-corrected chi connectivity index (χ0v) is 13.1. The number of sulfonamides is 1. The lowest BCUT2D eigenvalue weighted by molar-refractivity contribution is -0.120. The molecular formula is C14H19FN2O4S. The molecule has 1 fully saturated rings. The van der Waals surface area contributed by atoms with E-state index in [4.69, 9.17) is 10.5 Å². The third-order valence-electron chi connectivity index (χ3n) is 3.83. The molecule has 1 aliphatic rings. The molecule has 0 spiro atoms. The molecule has 0 aromatic heterocycles. The van der Waals surface area contributed by atoms with E-state index in [1.54, 1.807) is 0 Å². The molecule has 1 atom stereocenters. The van der Waals surface area contributed by atoms with E-state index in [2.05, 4.69) is 0 Å². The van der Waals surface area contributed by atoms with E-state index in [0.717, 1.165) is 6.07 Å². The molecule has 2 rings (SSSR count). The van der Waals surface area contributed by atoms with Crippen LogP contribution >= 0.6 is 0 Å². The topological polar surface area (TPSA) is 89.7 Å². The fourth-order valence-electron chi connectivity index (χ4n) is 3.01. The van der Waals surface area contributed by atoms with Gasteiger partial charge in [-0.1, -0.05) is 6.07 Å². The molecule has 1 saturated heterocycles. The highest BCUT2D eigenvalue weighted by molar-refractivity contribution is 7.89. The van der Waals surface area contributed by atoms with Gasteiger partial charge in [-0.05, 0) is 31.0 Å². The Morgan fingerprint density at radius 3 is 2.82 bits per heavy atom. The van der Waals surface area contributed by atoms with Gasteiger partial charge in [-0.25, -0.2) is 12.8 Å². The molecule has 0 radical (unpaired) electrons. The molecule has 0 aliphatic carbocycles. The first-order chi connectivity index (χ1) is 10.3. The summed E-state index contributed by atoms with van der Waals surface area (Å²) in [5, 5.41) is 0. The van der Waals surface area contributed by atoms with Crippen LogP contribution in [0, 0.1) is 5.82 Å². The number of hydrogen-bond donors (Lipinski definition) is 1. The van der Waals surface area contributed by atoms with E-state index >= 15 is 0 Å². The van der Waals surface area contributed by atoms with Gasteiger partial charge >= 0.3 is 0 Å². The molecule has 8 heteroatoms. The third-order valence-corrected chi connectivity index (χ3v) is 5.83. The van der Waals surface area contributed by atoms with Gasteiger partial charge in [0.1, 0.15) is 5.82 Å². The van der Waals surface area contributed by atoms with Crippen molar-refractivity contribution >= 4 is 15.9 Å². The maximum atomic E-state index is 13.4. The zero-order chi connectivity index (χ0) is 16.4. The van der Waals surface area contributed by atoms with Crippen molar-refractivity contribution in [1.29, 1.82) is 0 Å². The molecule has 2 N–H and O–H groups in total. The van der Waals surface area contributed by atoms with Crippen LogP contribution in [0.15, 0.2) is 29.2 Å². The van der Waals surface area contributed by atoms with Crippen molar-refractivity contribution < 1.29 is 22.3 Å². The average molecular weight is 330 g/mol. The first-order valence-electron chi connectivity index (χ1n) is 6.87. The average Bonchev–Trinajstić information content (AvgIpc) is 2.82. The van der Waals surface area contributed by atoms with Crippen molar-refractivity contribution in [1.82, 2.24) is 4.31 Å². The Kier molecular flexibility index (Phi) is 4.84. The number of methoxy groups -OCH3 is 1. The van der Waals surface area contributed by atoms with E-state index in [1.807, 2.05) is 0 Å². The molecule has 0 saturated carbocycles. The molecule has 122 valence electrons. The van der Waals surface area contributed by atoms with E-state index in [-0.39, 0.29) is 24.5 Å². The van der Waals surface area contributed by atoms with E-state index in [0.29, 0.717) is 12.8 Å². The normalized spacial score (nSPS) is 22.8.